The molecule has 1 aromatic carbocycles. The molecule has 0 unspecified atom stereocenters. The van der Waals surface area contributed by atoms with Crippen LogP contribution in [0.15, 0.2) is 35.2 Å². The average Bonchev–Trinajstić information content (AvgIpc) is 3.12. The molecule has 1 aliphatic rings. The first-order valence-electron chi connectivity index (χ1n) is 7.54. The molecule has 23 heavy (non-hydrogen) atoms. The molecule has 0 atom stereocenters. The number of nitrogens with zero attached hydrogens (tertiary/aromatic N) is 5. The number of aromatic nitrogens is 5. The molecular formula is C16H16BrN5O. The second kappa shape index (κ2) is 5.49. The van der Waals surface area contributed by atoms with Crippen molar-refractivity contribution < 1.29 is 4.74 Å². The molecule has 4 rings (SSSR count). The van der Waals surface area contributed by atoms with Crippen molar-refractivity contribution in [2.45, 2.75) is 26.3 Å². The van der Waals surface area contributed by atoms with Gasteiger partial charge in [-0.05, 0) is 32.0 Å². The van der Waals surface area contributed by atoms with E-state index in [0.29, 0.717) is 6.61 Å². The van der Waals surface area contributed by atoms with Crippen molar-refractivity contribution in [2.24, 2.45) is 0 Å². The quantitative estimate of drug-likeness (QED) is 0.690. The van der Waals surface area contributed by atoms with E-state index in [1.807, 2.05) is 33.8 Å². The summed E-state index contributed by atoms with van der Waals surface area (Å²) in [4.78, 5) is 4.36. The van der Waals surface area contributed by atoms with Crippen molar-refractivity contribution in [1.82, 2.24) is 24.5 Å². The molecule has 1 aliphatic heterocycles. The molecule has 3 aromatic rings. The smallest absolute Gasteiger partial charge is 0.249 e. The SMILES string of the molecule is CC(C)n1ncnc1-n1cc2c(n1)-c1cc(Br)ccc1OCC2. The third-order valence-electron chi connectivity index (χ3n) is 3.86. The van der Waals surface area contributed by atoms with Gasteiger partial charge in [-0.25, -0.2) is 9.36 Å². The highest BCUT2D eigenvalue weighted by Gasteiger charge is 2.21. The fourth-order valence-corrected chi connectivity index (χ4v) is 3.14. The monoisotopic (exact) mass is 373 g/mol. The van der Waals surface area contributed by atoms with Gasteiger partial charge in [0.25, 0.3) is 0 Å². The van der Waals surface area contributed by atoms with E-state index in [4.69, 9.17) is 9.84 Å². The molecule has 0 saturated carbocycles. The van der Waals surface area contributed by atoms with Crippen molar-refractivity contribution in [1.29, 1.82) is 0 Å². The zero-order valence-electron chi connectivity index (χ0n) is 12.9. The molecule has 0 bridgehead atoms. The lowest BCUT2D eigenvalue weighted by atomic mass is 10.1. The fraction of sp³-hybridized carbons (Fsp3) is 0.312. The number of ether oxygens (including phenoxy) is 1. The summed E-state index contributed by atoms with van der Waals surface area (Å²) < 4.78 is 10.5. The molecule has 0 aliphatic carbocycles. The summed E-state index contributed by atoms with van der Waals surface area (Å²) in [6.45, 7) is 4.80. The van der Waals surface area contributed by atoms with Crippen LogP contribution >= 0.6 is 15.9 Å². The van der Waals surface area contributed by atoms with Crippen LogP contribution in [0.2, 0.25) is 0 Å². The van der Waals surface area contributed by atoms with Gasteiger partial charge in [0.2, 0.25) is 5.95 Å². The highest BCUT2D eigenvalue weighted by Crippen LogP contribution is 2.36. The Morgan fingerprint density at radius 3 is 3.00 bits per heavy atom. The summed E-state index contributed by atoms with van der Waals surface area (Å²) >= 11 is 3.53. The standard InChI is InChI=1S/C16H16BrN5O/c1-10(2)22-16(18-9-19-22)21-8-11-5-6-23-14-4-3-12(17)7-13(14)15(11)20-21/h3-4,7-10H,5-6H2,1-2H3. The van der Waals surface area contributed by atoms with E-state index < -0.39 is 0 Å². The van der Waals surface area contributed by atoms with Crippen LogP contribution in [0.3, 0.4) is 0 Å². The molecule has 0 saturated heterocycles. The van der Waals surface area contributed by atoms with Crippen molar-refractivity contribution in [2.75, 3.05) is 6.61 Å². The van der Waals surface area contributed by atoms with E-state index in [1.165, 1.54) is 0 Å². The Balaban J connectivity index is 1.87. The fourth-order valence-electron chi connectivity index (χ4n) is 2.78. The first-order chi connectivity index (χ1) is 11.1. The summed E-state index contributed by atoms with van der Waals surface area (Å²) in [5.74, 6) is 1.59. The van der Waals surface area contributed by atoms with Gasteiger partial charge in [-0.3, -0.25) is 0 Å². The summed E-state index contributed by atoms with van der Waals surface area (Å²) in [6, 6.07) is 6.23. The van der Waals surface area contributed by atoms with Gasteiger partial charge in [-0.2, -0.15) is 15.2 Å². The Hall–Kier alpha value is -2.15. The van der Waals surface area contributed by atoms with Crippen molar-refractivity contribution in [3.63, 3.8) is 0 Å². The Bertz CT molecular complexity index is 867. The number of benzene rings is 1. The summed E-state index contributed by atoms with van der Waals surface area (Å²) in [5.41, 5.74) is 3.10. The molecule has 7 heteroatoms. The number of hydrogen-bond donors (Lipinski definition) is 0. The Labute approximate surface area is 142 Å². The van der Waals surface area contributed by atoms with Crippen LogP contribution < -0.4 is 4.74 Å². The molecule has 3 heterocycles. The van der Waals surface area contributed by atoms with Crippen LogP contribution in [0.25, 0.3) is 17.2 Å². The molecule has 0 spiro atoms. The predicted molar refractivity (Wildman–Crippen MR) is 89.9 cm³/mol. The second-order valence-corrected chi connectivity index (χ2v) is 6.70. The van der Waals surface area contributed by atoms with Crippen molar-refractivity contribution >= 4 is 15.9 Å². The normalized spacial score (nSPS) is 13.4. The molecule has 0 fully saturated rings. The van der Waals surface area contributed by atoms with Gasteiger partial charge in [-0.15, -0.1) is 0 Å². The number of halogens is 1. The van der Waals surface area contributed by atoms with Crippen LogP contribution in [0.4, 0.5) is 0 Å². The van der Waals surface area contributed by atoms with E-state index in [1.54, 1.807) is 6.33 Å². The molecule has 118 valence electrons. The first-order valence-corrected chi connectivity index (χ1v) is 8.34. The summed E-state index contributed by atoms with van der Waals surface area (Å²) in [5, 5.41) is 9.06. The van der Waals surface area contributed by atoms with Gasteiger partial charge in [0.1, 0.15) is 12.1 Å². The van der Waals surface area contributed by atoms with E-state index in [-0.39, 0.29) is 6.04 Å². The lowest BCUT2D eigenvalue weighted by Gasteiger charge is -2.09. The van der Waals surface area contributed by atoms with Crippen molar-refractivity contribution in [3.05, 3.63) is 40.8 Å². The van der Waals surface area contributed by atoms with Crippen LogP contribution in [0.1, 0.15) is 25.5 Å². The Kier molecular flexibility index (Phi) is 3.45. The predicted octanol–water partition coefficient (Wildman–Crippen LogP) is 3.41. The van der Waals surface area contributed by atoms with E-state index in [0.717, 1.165) is 39.4 Å². The number of hydrogen-bond acceptors (Lipinski definition) is 4. The molecule has 2 aromatic heterocycles. The Morgan fingerprint density at radius 1 is 1.30 bits per heavy atom. The minimum absolute atomic E-state index is 0.223. The summed E-state index contributed by atoms with van der Waals surface area (Å²) in [6.07, 6.45) is 4.41. The van der Waals surface area contributed by atoms with Gasteiger partial charge in [0, 0.05) is 28.2 Å². The van der Waals surface area contributed by atoms with Crippen LogP contribution in [0, 0.1) is 0 Å². The molecule has 0 radical (unpaired) electrons. The lowest BCUT2D eigenvalue weighted by molar-refractivity contribution is 0.326. The molecule has 0 amide bonds. The molecule has 6 nitrogen and oxygen atoms in total. The van der Waals surface area contributed by atoms with Crippen LogP contribution in [0.5, 0.6) is 5.75 Å². The van der Waals surface area contributed by atoms with Gasteiger partial charge < -0.3 is 4.74 Å². The average molecular weight is 374 g/mol. The second-order valence-electron chi connectivity index (χ2n) is 5.78. The molecule has 0 N–H and O–H groups in total. The maximum absolute atomic E-state index is 5.83. The minimum Gasteiger partial charge on any atom is -0.493 e. The zero-order chi connectivity index (χ0) is 16.0. The van der Waals surface area contributed by atoms with E-state index in [9.17, 15) is 0 Å². The van der Waals surface area contributed by atoms with Crippen LogP contribution in [-0.2, 0) is 6.42 Å². The maximum atomic E-state index is 5.83. The van der Waals surface area contributed by atoms with Crippen molar-refractivity contribution in [3.8, 4) is 23.0 Å². The third-order valence-corrected chi connectivity index (χ3v) is 4.36. The van der Waals surface area contributed by atoms with Crippen LogP contribution in [-0.4, -0.2) is 31.2 Å². The first kappa shape index (κ1) is 14.4. The number of rotatable bonds is 2. The van der Waals surface area contributed by atoms with Gasteiger partial charge >= 0.3 is 0 Å². The minimum atomic E-state index is 0.223. The molecular weight excluding hydrogens is 358 g/mol. The summed E-state index contributed by atoms with van der Waals surface area (Å²) in [7, 11) is 0. The van der Waals surface area contributed by atoms with E-state index >= 15 is 0 Å². The van der Waals surface area contributed by atoms with E-state index in [2.05, 4.69) is 39.9 Å². The highest BCUT2D eigenvalue weighted by atomic mass is 79.9. The van der Waals surface area contributed by atoms with Gasteiger partial charge in [-0.1, -0.05) is 15.9 Å². The van der Waals surface area contributed by atoms with Gasteiger partial charge in [0.15, 0.2) is 0 Å². The Morgan fingerprint density at radius 2 is 2.17 bits per heavy atom. The lowest BCUT2D eigenvalue weighted by Crippen LogP contribution is -2.11. The highest BCUT2D eigenvalue weighted by molar-refractivity contribution is 9.10. The largest absolute Gasteiger partial charge is 0.493 e. The number of fused-ring (bicyclic) bond motifs is 3. The van der Waals surface area contributed by atoms with Gasteiger partial charge in [0.05, 0.1) is 18.3 Å². The topological polar surface area (TPSA) is 57.8 Å². The maximum Gasteiger partial charge on any atom is 0.249 e. The third kappa shape index (κ3) is 2.45. The zero-order valence-corrected chi connectivity index (χ0v) is 14.5.